The number of rotatable bonds is 7. The van der Waals surface area contributed by atoms with Gasteiger partial charge in [-0.2, -0.15) is 0 Å². The Kier molecular flexibility index (Phi) is 5.86. The van der Waals surface area contributed by atoms with Gasteiger partial charge in [-0.05, 0) is 121 Å². The Hall–Kier alpha value is -7.68. The fraction of sp³-hybridized carbons (Fsp3) is 0. The van der Waals surface area contributed by atoms with Crippen LogP contribution in [-0.2, 0) is 0 Å². The average Bonchev–Trinajstić information content (AvgIpc) is 3.76. The zero-order valence-electron chi connectivity index (χ0n) is 41.9. The first-order chi connectivity index (χ1) is 33.3. The number of hydrogen-bond donors (Lipinski definition) is 0. The fourth-order valence-corrected chi connectivity index (χ4v) is 7.82. The highest BCUT2D eigenvalue weighted by molar-refractivity contribution is 6.19. The van der Waals surface area contributed by atoms with Crippen LogP contribution in [0.15, 0.2) is 229 Å². The molecule has 0 atom stereocenters. The summed E-state index contributed by atoms with van der Waals surface area (Å²) >= 11 is 0. The summed E-state index contributed by atoms with van der Waals surface area (Å²) in [4.78, 5) is 2.14. The lowest BCUT2D eigenvalue weighted by Gasteiger charge is -2.29. The van der Waals surface area contributed by atoms with Gasteiger partial charge in [0.05, 0.1) is 20.8 Å². The quantitative estimate of drug-likeness (QED) is 0.161. The lowest BCUT2D eigenvalue weighted by Crippen LogP contribution is -2.11. The molecule has 0 fully saturated rings. The largest absolute Gasteiger partial charge is 0.456 e. The number of fused-ring (bicyclic) bond motifs is 6. The van der Waals surface area contributed by atoms with Gasteiger partial charge < -0.3 is 9.32 Å². The molecule has 0 radical (unpaired) electrons. The van der Waals surface area contributed by atoms with Crippen LogP contribution in [0.1, 0.15) is 15.1 Å². The predicted octanol–water partition coefficient (Wildman–Crippen LogP) is 16.0. The van der Waals surface area contributed by atoms with Crippen LogP contribution < -0.4 is 4.90 Å². The van der Waals surface area contributed by atoms with Crippen molar-refractivity contribution in [1.29, 1.82) is 0 Å². The number of nitrogens with zero attached hydrogens (tertiary/aromatic N) is 1. The molecule has 0 N–H and O–H groups in total. The molecular weight excluding hydrogens is 703 g/mol. The summed E-state index contributed by atoms with van der Waals surface area (Å²) in [6.45, 7) is 0. The van der Waals surface area contributed by atoms with Crippen molar-refractivity contribution < 1.29 is 19.5 Å². The van der Waals surface area contributed by atoms with Crippen LogP contribution in [0.25, 0.3) is 88.0 Å². The van der Waals surface area contributed by atoms with Crippen LogP contribution >= 0.6 is 0 Å². The summed E-state index contributed by atoms with van der Waals surface area (Å²) in [5.74, 6) is 0. The van der Waals surface area contributed by atoms with Crippen LogP contribution in [0.3, 0.4) is 0 Å². The summed E-state index contributed by atoms with van der Waals surface area (Å²) in [5.41, 5.74) is 8.42. The Balaban J connectivity index is 1.11. The van der Waals surface area contributed by atoms with Gasteiger partial charge in [0.1, 0.15) is 11.2 Å². The topological polar surface area (TPSA) is 16.4 Å². The minimum atomic E-state index is -0.452. The first-order valence-electron chi connectivity index (χ1n) is 24.4. The first kappa shape index (κ1) is 24.1. The molecule has 1 heterocycles. The van der Waals surface area contributed by atoms with Crippen molar-refractivity contribution in [2.45, 2.75) is 0 Å². The third kappa shape index (κ3) is 6.00. The molecule has 0 amide bonds. The number of anilines is 3. The Morgan fingerprint density at radius 3 is 1.86 bits per heavy atom. The summed E-state index contributed by atoms with van der Waals surface area (Å²) in [6.07, 6.45) is 0. The van der Waals surface area contributed by atoms with E-state index >= 15 is 0 Å². The van der Waals surface area contributed by atoms with Gasteiger partial charge >= 0.3 is 0 Å². The van der Waals surface area contributed by atoms with Crippen molar-refractivity contribution in [2.75, 3.05) is 4.90 Å². The molecule has 11 aromatic rings. The van der Waals surface area contributed by atoms with Crippen LogP contribution in [0.4, 0.5) is 17.1 Å². The first-order valence-corrected chi connectivity index (χ1v) is 18.9. The van der Waals surface area contributed by atoms with Gasteiger partial charge in [0, 0.05) is 27.7 Å². The second-order valence-corrected chi connectivity index (χ2v) is 14.1. The SMILES string of the molecule is [2H]c1cc2oc3c([2H])c([2H])c4ccc(-c5ccc6ccc(N(c7ccc(-c8c([2H])c([2H])c([2H])c([2H])c8[2H])cc7)c7ccc(-c8ccccc8)cc7-c7ccccc7)cc6c5)c([2H])c4c3c2c([2H])c1[2H]. The van der Waals surface area contributed by atoms with E-state index in [0.29, 0.717) is 32.8 Å². The van der Waals surface area contributed by atoms with E-state index in [4.69, 9.17) is 18.1 Å². The summed E-state index contributed by atoms with van der Waals surface area (Å²) < 4.78 is 101. The molecular formula is C56H37NO. The maximum absolute atomic E-state index is 9.68. The maximum atomic E-state index is 9.68. The summed E-state index contributed by atoms with van der Waals surface area (Å²) in [6, 6.07) is 48.0. The lowest BCUT2D eigenvalue weighted by atomic mass is 9.95. The minimum Gasteiger partial charge on any atom is -0.456 e. The van der Waals surface area contributed by atoms with Crippen molar-refractivity contribution in [3.63, 3.8) is 0 Å². The average molecular weight is 751 g/mol. The highest BCUT2D eigenvalue weighted by Crippen LogP contribution is 2.44. The normalized spacial score (nSPS) is 14.1. The molecule has 0 saturated heterocycles. The number of hydrogen-bond acceptors (Lipinski definition) is 2. The molecule has 10 aromatic carbocycles. The number of furan rings is 1. The monoisotopic (exact) mass is 750 g/mol. The van der Waals surface area contributed by atoms with Gasteiger partial charge in [-0.3, -0.25) is 0 Å². The molecule has 0 aliphatic rings. The number of para-hydroxylation sites is 1. The Bertz CT molecular complexity index is 3880. The second kappa shape index (κ2) is 14.1. The third-order valence-corrected chi connectivity index (χ3v) is 10.6. The van der Waals surface area contributed by atoms with Crippen molar-refractivity contribution in [1.82, 2.24) is 0 Å². The summed E-state index contributed by atoms with van der Waals surface area (Å²) in [5, 5.41) is 2.98. The van der Waals surface area contributed by atoms with E-state index in [-0.39, 0.29) is 70.5 Å². The van der Waals surface area contributed by atoms with Crippen LogP contribution in [0.2, 0.25) is 0 Å². The van der Waals surface area contributed by atoms with Crippen molar-refractivity contribution >= 4 is 60.5 Å². The van der Waals surface area contributed by atoms with E-state index in [9.17, 15) is 1.37 Å². The van der Waals surface area contributed by atoms with E-state index < -0.39 is 18.1 Å². The lowest BCUT2D eigenvalue weighted by molar-refractivity contribution is 0.669. The Morgan fingerprint density at radius 2 is 1.03 bits per heavy atom. The zero-order valence-corrected chi connectivity index (χ0v) is 30.9. The van der Waals surface area contributed by atoms with E-state index in [2.05, 4.69) is 53.4 Å². The van der Waals surface area contributed by atoms with E-state index in [1.165, 1.54) is 6.07 Å². The second-order valence-electron chi connectivity index (χ2n) is 14.1. The molecule has 0 aliphatic carbocycles. The standard InChI is InChI=1S/C56H37NO/c1-4-12-38(13-5-1)40-24-29-48(30-25-40)57(53-32-27-45(39-14-6-2-7-15-39)36-51(53)42-16-8-3-9-17-42)49-31-26-41-20-22-44(34-47(41)35-49)46-23-21-43-28-33-55-56(52(43)37-46)50-18-10-11-19-54(50)58-55/h1-37H/i1D,4D,5D,10D,11D,12D,13D,18D,28D,33D,37D. The third-order valence-electron chi connectivity index (χ3n) is 10.6. The van der Waals surface area contributed by atoms with E-state index in [1.807, 2.05) is 78.9 Å². The van der Waals surface area contributed by atoms with Gasteiger partial charge in [0.25, 0.3) is 0 Å². The minimum absolute atomic E-state index is 0.0305. The van der Waals surface area contributed by atoms with Gasteiger partial charge in [-0.25, -0.2) is 0 Å². The maximum Gasteiger partial charge on any atom is 0.136 e. The van der Waals surface area contributed by atoms with Crippen molar-refractivity contribution in [2.24, 2.45) is 0 Å². The fourth-order valence-electron chi connectivity index (χ4n) is 7.82. The number of benzene rings is 10. The smallest absolute Gasteiger partial charge is 0.136 e. The molecule has 0 unspecified atom stereocenters. The van der Waals surface area contributed by atoms with E-state index in [1.54, 1.807) is 24.3 Å². The van der Waals surface area contributed by atoms with Crippen molar-refractivity contribution in [3.8, 4) is 44.5 Å². The molecule has 2 nitrogen and oxygen atoms in total. The van der Waals surface area contributed by atoms with Gasteiger partial charge in [-0.15, -0.1) is 0 Å². The molecule has 272 valence electrons. The molecule has 0 aliphatic heterocycles. The molecule has 2 heteroatoms. The Morgan fingerprint density at radius 1 is 0.379 bits per heavy atom. The van der Waals surface area contributed by atoms with Crippen molar-refractivity contribution in [3.05, 3.63) is 224 Å². The van der Waals surface area contributed by atoms with E-state index in [0.717, 1.165) is 50.1 Å². The van der Waals surface area contributed by atoms with Crippen LogP contribution in [-0.4, -0.2) is 0 Å². The van der Waals surface area contributed by atoms with Crippen LogP contribution in [0, 0.1) is 0 Å². The molecule has 1 aromatic heterocycles. The molecule has 0 bridgehead atoms. The molecule has 0 spiro atoms. The highest BCUT2D eigenvalue weighted by Gasteiger charge is 2.19. The van der Waals surface area contributed by atoms with Gasteiger partial charge in [0.15, 0.2) is 0 Å². The molecule has 11 rings (SSSR count). The van der Waals surface area contributed by atoms with Crippen LogP contribution in [0.5, 0.6) is 0 Å². The summed E-state index contributed by atoms with van der Waals surface area (Å²) in [7, 11) is 0. The van der Waals surface area contributed by atoms with Gasteiger partial charge in [-0.1, -0.05) is 164 Å². The zero-order chi connectivity index (χ0) is 48.0. The molecule has 58 heavy (non-hydrogen) atoms. The predicted molar refractivity (Wildman–Crippen MR) is 245 cm³/mol. The molecule has 0 saturated carbocycles. The Labute approximate surface area is 353 Å². The highest BCUT2D eigenvalue weighted by atomic mass is 16.3. The van der Waals surface area contributed by atoms with Gasteiger partial charge in [0.2, 0.25) is 0 Å².